The number of benzene rings is 11. The molecule has 11 aromatic carbocycles. The third-order valence-electron chi connectivity index (χ3n) is 13.9. The highest BCUT2D eigenvalue weighted by atomic mass is 16.3. The summed E-state index contributed by atoms with van der Waals surface area (Å²) in [6, 6.07) is 89.8. The fourth-order valence-electron chi connectivity index (χ4n) is 10.8. The number of furan rings is 1. The van der Waals surface area contributed by atoms with Crippen molar-refractivity contribution in [3.05, 3.63) is 249 Å². The summed E-state index contributed by atoms with van der Waals surface area (Å²) in [4.78, 5) is 2.39. The standard InChI is InChI=1S/C64H41N3O/c1-2-18-49-43(15-1)33-40-57-56-25-14-24-55(64(56)68-63(49)57)54-23-7-8-26-58(54)65(46-36-38-47(39-37-46)66-59-27-9-3-19-50(59)51-20-4-10-28-60(51)66)45-34-31-42(32-35-45)44-16-13-17-48(41-44)67-61-29-11-5-21-52(61)53-22-6-12-30-62(53)67/h1-41H. The molecule has 0 saturated carbocycles. The fraction of sp³-hybridized carbons (Fsp3) is 0. The zero-order valence-electron chi connectivity index (χ0n) is 36.9. The first-order valence-corrected chi connectivity index (χ1v) is 23.3. The van der Waals surface area contributed by atoms with Gasteiger partial charge in [0.15, 0.2) is 0 Å². The number of para-hydroxylation sites is 6. The first kappa shape index (κ1) is 38.2. The molecule has 3 aromatic heterocycles. The third-order valence-corrected chi connectivity index (χ3v) is 13.9. The minimum Gasteiger partial charge on any atom is -0.455 e. The summed E-state index contributed by atoms with van der Waals surface area (Å²) >= 11 is 0. The quantitative estimate of drug-likeness (QED) is 0.160. The molecule has 4 nitrogen and oxygen atoms in total. The van der Waals surface area contributed by atoms with Gasteiger partial charge in [-0.2, -0.15) is 0 Å². The molecule has 0 aliphatic rings. The number of nitrogens with zero attached hydrogens (tertiary/aromatic N) is 3. The molecule has 0 N–H and O–H groups in total. The van der Waals surface area contributed by atoms with Gasteiger partial charge in [-0.25, -0.2) is 0 Å². The number of anilines is 3. The number of hydrogen-bond donors (Lipinski definition) is 0. The predicted molar refractivity (Wildman–Crippen MR) is 285 cm³/mol. The Morgan fingerprint density at radius 2 is 0.779 bits per heavy atom. The summed E-state index contributed by atoms with van der Waals surface area (Å²) in [6.07, 6.45) is 0. The van der Waals surface area contributed by atoms with Crippen molar-refractivity contribution in [1.29, 1.82) is 0 Å². The zero-order chi connectivity index (χ0) is 44.7. The van der Waals surface area contributed by atoms with Crippen molar-refractivity contribution in [3.8, 4) is 33.6 Å². The first-order chi connectivity index (χ1) is 33.7. The molecule has 0 spiro atoms. The number of fused-ring (bicyclic) bond motifs is 11. The van der Waals surface area contributed by atoms with Gasteiger partial charge in [0, 0.05) is 71.6 Å². The van der Waals surface area contributed by atoms with Crippen molar-refractivity contribution in [1.82, 2.24) is 9.13 Å². The molecule has 4 heteroatoms. The second kappa shape index (κ2) is 15.2. The largest absolute Gasteiger partial charge is 0.455 e. The van der Waals surface area contributed by atoms with Crippen LogP contribution in [0, 0.1) is 0 Å². The van der Waals surface area contributed by atoms with Crippen molar-refractivity contribution >= 4 is 93.4 Å². The lowest BCUT2D eigenvalue weighted by Gasteiger charge is -2.28. The smallest absolute Gasteiger partial charge is 0.143 e. The van der Waals surface area contributed by atoms with E-state index in [-0.39, 0.29) is 0 Å². The summed E-state index contributed by atoms with van der Waals surface area (Å²) in [7, 11) is 0. The van der Waals surface area contributed by atoms with E-state index in [9.17, 15) is 0 Å². The maximum atomic E-state index is 6.95. The number of aromatic nitrogens is 2. The van der Waals surface area contributed by atoms with E-state index in [1.165, 1.54) is 49.0 Å². The van der Waals surface area contributed by atoms with Crippen LogP contribution in [-0.4, -0.2) is 9.13 Å². The van der Waals surface area contributed by atoms with E-state index in [1.807, 2.05) is 0 Å². The first-order valence-electron chi connectivity index (χ1n) is 23.3. The van der Waals surface area contributed by atoms with Crippen LogP contribution in [0.5, 0.6) is 0 Å². The highest BCUT2D eigenvalue weighted by Crippen LogP contribution is 2.46. The highest BCUT2D eigenvalue weighted by Gasteiger charge is 2.22. The van der Waals surface area contributed by atoms with E-state index in [2.05, 4.69) is 263 Å². The van der Waals surface area contributed by atoms with Gasteiger partial charge in [0.25, 0.3) is 0 Å². The predicted octanol–water partition coefficient (Wildman–Crippen LogP) is 17.7. The minimum absolute atomic E-state index is 0.881. The van der Waals surface area contributed by atoms with Crippen LogP contribution in [0.4, 0.5) is 17.1 Å². The summed E-state index contributed by atoms with van der Waals surface area (Å²) in [6.45, 7) is 0. The molecule has 318 valence electrons. The molecule has 14 rings (SSSR count). The monoisotopic (exact) mass is 867 g/mol. The van der Waals surface area contributed by atoms with Crippen LogP contribution in [0.1, 0.15) is 0 Å². The molecular formula is C64H41N3O. The van der Waals surface area contributed by atoms with Crippen molar-refractivity contribution in [2.45, 2.75) is 0 Å². The van der Waals surface area contributed by atoms with Crippen LogP contribution >= 0.6 is 0 Å². The lowest BCUT2D eigenvalue weighted by atomic mass is 9.98. The zero-order valence-corrected chi connectivity index (χ0v) is 36.9. The third kappa shape index (κ3) is 5.87. The van der Waals surface area contributed by atoms with E-state index >= 15 is 0 Å². The van der Waals surface area contributed by atoms with E-state index < -0.39 is 0 Å². The van der Waals surface area contributed by atoms with Gasteiger partial charge >= 0.3 is 0 Å². The van der Waals surface area contributed by atoms with Crippen LogP contribution in [0.2, 0.25) is 0 Å². The van der Waals surface area contributed by atoms with E-state index in [0.29, 0.717) is 0 Å². The normalized spacial score (nSPS) is 11.8. The van der Waals surface area contributed by atoms with E-state index in [0.717, 1.165) is 78.0 Å². The molecule has 0 radical (unpaired) electrons. The molecule has 3 heterocycles. The van der Waals surface area contributed by atoms with Crippen LogP contribution in [-0.2, 0) is 0 Å². The van der Waals surface area contributed by atoms with Gasteiger partial charge in [0.1, 0.15) is 11.2 Å². The molecule has 0 amide bonds. The Morgan fingerprint density at radius 1 is 0.294 bits per heavy atom. The average Bonchev–Trinajstić information content (AvgIpc) is 4.08. The minimum atomic E-state index is 0.881. The topological polar surface area (TPSA) is 26.2 Å². The maximum Gasteiger partial charge on any atom is 0.143 e. The fourth-order valence-corrected chi connectivity index (χ4v) is 10.8. The Balaban J connectivity index is 0.921. The summed E-state index contributed by atoms with van der Waals surface area (Å²) in [5.41, 5.74) is 16.4. The molecule has 0 bridgehead atoms. The van der Waals surface area contributed by atoms with Gasteiger partial charge in [0.05, 0.1) is 27.8 Å². The lowest BCUT2D eigenvalue weighted by Crippen LogP contribution is -2.11. The van der Waals surface area contributed by atoms with Gasteiger partial charge < -0.3 is 18.5 Å². The Hall–Kier alpha value is -9.12. The molecule has 0 fully saturated rings. The van der Waals surface area contributed by atoms with E-state index in [1.54, 1.807) is 0 Å². The Morgan fingerprint density at radius 3 is 1.43 bits per heavy atom. The second-order valence-corrected chi connectivity index (χ2v) is 17.7. The SMILES string of the molecule is c1cc(-c2ccc(N(c3ccc(-n4c5ccccc5c5ccccc54)cc3)c3ccccc3-c3cccc4c3oc3c5ccccc5ccc43)cc2)cc(-n2c3ccccc3c3ccccc32)c1. The molecule has 0 saturated heterocycles. The van der Waals surface area contributed by atoms with Crippen molar-refractivity contribution < 1.29 is 4.42 Å². The molecule has 0 aliphatic heterocycles. The van der Waals surface area contributed by atoms with Crippen LogP contribution in [0.3, 0.4) is 0 Å². The van der Waals surface area contributed by atoms with Crippen LogP contribution < -0.4 is 4.90 Å². The summed E-state index contributed by atoms with van der Waals surface area (Å²) in [5, 5.41) is 9.51. The van der Waals surface area contributed by atoms with Gasteiger partial charge in [0.2, 0.25) is 0 Å². The molecule has 68 heavy (non-hydrogen) atoms. The Labute approximate surface area is 392 Å². The summed E-state index contributed by atoms with van der Waals surface area (Å²) in [5.74, 6) is 0. The summed E-state index contributed by atoms with van der Waals surface area (Å²) < 4.78 is 11.7. The Bertz CT molecular complexity index is 4160. The Kier molecular flexibility index (Phi) is 8.55. The lowest BCUT2D eigenvalue weighted by molar-refractivity contribution is 0.674. The van der Waals surface area contributed by atoms with Crippen molar-refractivity contribution in [2.24, 2.45) is 0 Å². The van der Waals surface area contributed by atoms with Crippen LogP contribution in [0.25, 0.3) is 110 Å². The highest BCUT2D eigenvalue weighted by molar-refractivity contribution is 6.18. The van der Waals surface area contributed by atoms with Crippen molar-refractivity contribution in [2.75, 3.05) is 4.90 Å². The molecule has 14 aromatic rings. The van der Waals surface area contributed by atoms with E-state index in [4.69, 9.17) is 4.42 Å². The molecule has 0 aliphatic carbocycles. The van der Waals surface area contributed by atoms with Gasteiger partial charge in [-0.15, -0.1) is 0 Å². The molecule has 0 unspecified atom stereocenters. The van der Waals surface area contributed by atoms with Gasteiger partial charge in [-0.3, -0.25) is 0 Å². The number of rotatable bonds is 7. The second-order valence-electron chi connectivity index (χ2n) is 17.7. The molecule has 0 atom stereocenters. The van der Waals surface area contributed by atoms with Crippen molar-refractivity contribution in [3.63, 3.8) is 0 Å². The average molecular weight is 868 g/mol. The van der Waals surface area contributed by atoms with Gasteiger partial charge in [-0.05, 0) is 101 Å². The number of hydrogen-bond acceptors (Lipinski definition) is 2. The van der Waals surface area contributed by atoms with Gasteiger partial charge in [-0.1, -0.05) is 164 Å². The van der Waals surface area contributed by atoms with Crippen LogP contribution in [0.15, 0.2) is 253 Å². The maximum absolute atomic E-state index is 6.95. The molecular weight excluding hydrogens is 827 g/mol.